The fourth-order valence-electron chi connectivity index (χ4n) is 1.16. The second-order valence-electron chi connectivity index (χ2n) is 3.73. The van der Waals surface area contributed by atoms with Crippen molar-refractivity contribution in [2.45, 2.75) is 26.3 Å². The standard InChI is InChI=1S/C10H14Cl2N4O/c1-6(2)15-8(17)3-4-13-9-7(11)5-14-10(12)16-9/h5-6H,3-4H2,1-2H3,(H,15,17)(H,13,14,16). The lowest BCUT2D eigenvalue weighted by atomic mass is 10.3. The molecule has 1 heterocycles. The zero-order valence-corrected chi connectivity index (χ0v) is 11.1. The van der Waals surface area contributed by atoms with Crippen molar-refractivity contribution in [1.29, 1.82) is 0 Å². The van der Waals surface area contributed by atoms with Gasteiger partial charge in [-0.05, 0) is 25.4 Å². The van der Waals surface area contributed by atoms with Crippen LogP contribution in [0.5, 0.6) is 0 Å². The number of hydrogen-bond donors (Lipinski definition) is 2. The van der Waals surface area contributed by atoms with Crippen molar-refractivity contribution in [3.63, 3.8) is 0 Å². The fraction of sp³-hybridized carbons (Fsp3) is 0.500. The van der Waals surface area contributed by atoms with Crippen LogP contribution in [0, 0.1) is 0 Å². The fourth-order valence-corrected chi connectivity index (χ4v) is 1.45. The molecule has 1 amide bonds. The Morgan fingerprint density at radius 2 is 2.18 bits per heavy atom. The number of carbonyl (C=O) groups is 1. The first kappa shape index (κ1) is 14.0. The van der Waals surface area contributed by atoms with Gasteiger partial charge in [0.2, 0.25) is 11.2 Å². The molecule has 7 heteroatoms. The molecule has 0 aromatic carbocycles. The van der Waals surface area contributed by atoms with Gasteiger partial charge in [-0.1, -0.05) is 11.6 Å². The maximum absolute atomic E-state index is 11.4. The maximum atomic E-state index is 11.4. The third-order valence-corrected chi connectivity index (χ3v) is 2.27. The second kappa shape index (κ2) is 6.61. The van der Waals surface area contributed by atoms with Gasteiger partial charge in [0.15, 0.2) is 0 Å². The van der Waals surface area contributed by atoms with Gasteiger partial charge in [0, 0.05) is 19.0 Å². The summed E-state index contributed by atoms with van der Waals surface area (Å²) >= 11 is 11.5. The minimum absolute atomic E-state index is 0.0243. The van der Waals surface area contributed by atoms with Crippen molar-refractivity contribution in [1.82, 2.24) is 15.3 Å². The lowest BCUT2D eigenvalue weighted by molar-refractivity contribution is -0.121. The molecule has 0 aliphatic rings. The summed E-state index contributed by atoms with van der Waals surface area (Å²) in [5, 5.41) is 6.20. The minimum Gasteiger partial charge on any atom is -0.368 e. The van der Waals surface area contributed by atoms with E-state index in [1.165, 1.54) is 6.20 Å². The lowest BCUT2D eigenvalue weighted by Gasteiger charge is -2.09. The molecule has 17 heavy (non-hydrogen) atoms. The van der Waals surface area contributed by atoms with Crippen LogP contribution in [-0.2, 0) is 4.79 Å². The number of amides is 1. The lowest BCUT2D eigenvalue weighted by Crippen LogP contribution is -2.31. The molecule has 0 radical (unpaired) electrons. The molecule has 0 saturated carbocycles. The van der Waals surface area contributed by atoms with Crippen molar-refractivity contribution >= 4 is 34.9 Å². The first-order chi connectivity index (χ1) is 7.99. The molecule has 0 unspecified atom stereocenters. The molecular weight excluding hydrogens is 263 g/mol. The quantitative estimate of drug-likeness (QED) is 0.809. The summed E-state index contributed by atoms with van der Waals surface area (Å²) in [4.78, 5) is 19.0. The zero-order chi connectivity index (χ0) is 12.8. The van der Waals surface area contributed by atoms with Gasteiger partial charge in [-0.25, -0.2) is 4.98 Å². The molecule has 0 bridgehead atoms. The van der Waals surface area contributed by atoms with Crippen LogP contribution in [0.2, 0.25) is 10.3 Å². The van der Waals surface area contributed by atoms with Crippen molar-refractivity contribution in [2.24, 2.45) is 0 Å². The van der Waals surface area contributed by atoms with E-state index in [0.717, 1.165) is 0 Å². The Hall–Kier alpha value is -1.07. The molecule has 2 N–H and O–H groups in total. The Bertz CT molecular complexity index is 398. The minimum atomic E-state index is -0.0243. The number of hydrogen-bond acceptors (Lipinski definition) is 4. The molecule has 0 spiro atoms. The molecular formula is C10H14Cl2N4O. The van der Waals surface area contributed by atoms with Gasteiger partial charge in [0.25, 0.3) is 0 Å². The average Bonchev–Trinajstić information content (AvgIpc) is 2.22. The molecule has 5 nitrogen and oxygen atoms in total. The Morgan fingerprint density at radius 1 is 1.47 bits per heavy atom. The molecule has 94 valence electrons. The van der Waals surface area contributed by atoms with E-state index < -0.39 is 0 Å². The summed E-state index contributed by atoms with van der Waals surface area (Å²) in [6.07, 6.45) is 1.75. The smallest absolute Gasteiger partial charge is 0.224 e. The van der Waals surface area contributed by atoms with Gasteiger partial charge in [-0.2, -0.15) is 4.98 Å². The normalized spacial score (nSPS) is 10.4. The zero-order valence-electron chi connectivity index (χ0n) is 9.63. The Labute approximate surface area is 110 Å². The van der Waals surface area contributed by atoms with Gasteiger partial charge in [-0.3, -0.25) is 4.79 Å². The van der Waals surface area contributed by atoms with E-state index >= 15 is 0 Å². The van der Waals surface area contributed by atoms with E-state index in [4.69, 9.17) is 23.2 Å². The van der Waals surface area contributed by atoms with Gasteiger partial charge in [0.05, 0.1) is 6.20 Å². The number of rotatable bonds is 5. The van der Waals surface area contributed by atoms with Crippen molar-refractivity contribution in [2.75, 3.05) is 11.9 Å². The second-order valence-corrected chi connectivity index (χ2v) is 4.48. The number of halogens is 2. The summed E-state index contributed by atoms with van der Waals surface area (Å²) in [6.45, 7) is 4.25. The number of nitrogens with zero attached hydrogens (tertiary/aromatic N) is 2. The molecule has 0 fully saturated rings. The third-order valence-electron chi connectivity index (χ3n) is 1.81. The summed E-state index contributed by atoms with van der Waals surface area (Å²) < 4.78 is 0. The van der Waals surface area contributed by atoms with Gasteiger partial charge >= 0.3 is 0 Å². The molecule has 0 atom stereocenters. The van der Waals surface area contributed by atoms with Crippen LogP contribution in [0.25, 0.3) is 0 Å². The number of anilines is 1. The topological polar surface area (TPSA) is 66.9 Å². The molecule has 0 saturated heterocycles. The Morgan fingerprint density at radius 3 is 2.82 bits per heavy atom. The van der Waals surface area contributed by atoms with Crippen molar-refractivity contribution < 1.29 is 4.79 Å². The predicted octanol–water partition coefficient (Wildman–Crippen LogP) is 2.11. The van der Waals surface area contributed by atoms with Crippen molar-refractivity contribution in [3.05, 3.63) is 16.5 Å². The van der Waals surface area contributed by atoms with Crippen LogP contribution in [0.15, 0.2) is 6.20 Å². The first-order valence-corrected chi connectivity index (χ1v) is 5.96. The summed E-state index contributed by atoms with van der Waals surface area (Å²) in [6, 6.07) is 0.139. The SMILES string of the molecule is CC(C)NC(=O)CCNc1nc(Cl)ncc1Cl. The first-order valence-electron chi connectivity index (χ1n) is 5.20. The maximum Gasteiger partial charge on any atom is 0.224 e. The van der Waals surface area contributed by atoms with Gasteiger partial charge < -0.3 is 10.6 Å². The molecule has 1 rings (SSSR count). The summed E-state index contributed by atoms with van der Waals surface area (Å²) in [7, 11) is 0. The van der Waals surface area contributed by atoms with E-state index in [1.54, 1.807) is 0 Å². The summed E-state index contributed by atoms with van der Waals surface area (Å²) in [5.41, 5.74) is 0. The molecule has 0 aliphatic heterocycles. The van der Waals surface area contributed by atoms with Crippen LogP contribution < -0.4 is 10.6 Å². The Balaban J connectivity index is 2.40. The largest absolute Gasteiger partial charge is 0.368 e. The highest BCUT2D eigenvalue weighted by atomic mass is 35.5. The highest BCUT2D eigenvalue weighted by Gasteiger charge is 2.06. The number of carbonyl (C=O) groups excluding carboxylic acids is 1. The van der Waals surface area contributed by atoms with Gasteiger partial charge in [-0.15, -0.1) is 0 Å². The molecule has 1 aromatic rings. The van der Waals surface area contributed by atoms with Crippen LogP contribution in [0.3, 0.4) is 0 Å². The number of nitrogens with one attached hydrogen (secondary N) is 2. The van der Waals surface area contributed by atoms with E-state index in [9.17, 15) is 4.79 Å². The Kier molecular flexibility index (Phi) is 5.44. The van der Waals surface area contributed by atoms with E-state index in [2.05, 4.69) is 20.6 Å². The van der Waals surface area contributed by atoms with Crippen LogP contribution in [-0.4, -0.2) is 28.5 Å². The van der Waals surface area contributed by atoms with Crippen molar-refractivity contribution in [3.8, 4) is 0 Å². The number of aromatic nitrogens is 2. The van der Waals surface area contributed by atoms with Crippen LogP contribution in [0.1, 0.15) is 20.3 Å². The molecule has 1 aromatic heterocycles. The highest BCUT2D eigenvalue weighted by Crippen LogP contribution is 2.18. The van der Waals surface area contributed by atoms with E-state index in [1.807, 2.05) is 13.8 Å². The van der Waals surface area contributed by atoms with Crippen LogP contribution in [0.4, 0.5) is 5.82 Å². The average molecular weight is 277 g/mol. The van der Waals surface area contributed by atoms with E-state index in [-0.39, 0.29) is 17.2 Å². The predicted molar refractivity (Wildman–Crippen MR) is 68.4 cm³/mol. The van der Waals surface area contributed by atoms with Crippen LogP contribution >= 0.6 is 23.2 Å². The van der Waals surface area contributed by atoms with E-state index in [0.29, 0.717) is 23.8 Å². The summed E-state index contributed by atoms with van der Waals surface area (Å²) in [5.74, 6) is 0.410. The third kappa shape index (κ3) is 5.19. The molecule has 0 aliphatic carbocycles. The monoisotopic (exact) mass is 276 g/mol. The van der Waals surface area contributed by atoms with Gasteiger partial charge in [0.1, 0.15) is 10.8 Å². The highest BCUT2D eigenvalue weighted by molar-refractivity contribution is 6.33.